The number of nitrogens with one attached hydrogen (secondary N) is 2. The Bertz CT molecular complexity index is 1240. The third-order valence-corrected chi connectivity index (χ3v) is 5.12. The van der Waals surface area contributed by atoms with Gasteiger partial charge in [0.05, 0.1) is 19.7 Å². The number of aromatic amines is 1. The Kier molecular flexibility index (Phi) is 7.62. The van der Waals surface area contributed by atoms with Crippen LogP contribution < -0.4 is 27.2 Å². The molecule has 0 aliphatic rings. The number of hydrogen-bond donors (Lipinski definition) is 3. The number of nitrogens with zero attached hydrogens (tertiary/aromatic N) is 2. The van der Waals surface area contributed by atoms with Crippen molar-refractivity contribution in [2.24, 2.45) is 0 Å². The van der Waals surface area contributed by atoms with E-state index in [1.165, 1.54) is 28.7 Å². The highest BCUT2D eigenvalue weighted by Crippen LogP contribution is 2.19. The largest absolute Gasteiger partial charge is 0.383 e. The number of anilines is 3. The summed E-state index contributed by atoms with van der Waals surface area (Å²) in [5, 5.41) is 2.89. The number of aromatic nitrogens is 2. The Morgan fingerprint density at radius 3 is 2.64 bits per heavy atom. The fourth-order valence-electron chi connectivity index (χ4n) is 3.36. The maximum absolute atomic E-state index is 13.6. The first-order chi connectivity index (χ1) is 15.8. The highest BCUT2D eigenvalue weighted by molar-refractivity contribution is 5.98. The van der Waals surface area contributed by atoms with Crippen molar-refractivity contribution in [2.75, 3.05) is 42.8 Å². The summed E-state index contributed by atoms with van der Waals surface area (Å²) in [4.78, 5) is 41.7. The number of amides is 1. The van der Waals surface area contributed by atoms with Gasteiger partial charge in [-0.1, -0.05) is 36.4 Å². The topological polar surface area (TPSA) is 122 Å². The van der Waals surface area contributed by atoms with Crippen LogP contribution in [0.15, 0.2) is 58.1 Å². The third-order valence-electron chi connectivity index (χ3n) is 5.12. The fourth-order valence-corrected chi connectivity index (χ4v) is 3.36. The minimum atomic E-state index is -0.784. The number of carbonyl (C=O) groups excluding carboxylic acids is 1. The summed E-state index contributed by atoms with van der Waals surface area (Å²) in [7, 11) is 1.46. The lowest BCUT2D eigenvalue weighted by molar-refractivity contribution is -0.117. The zero-order valence-corrected chi connectivity index (χ0v) is 18.4. The highest BCUT2D eigenvalue weighted by atomic mass is 19.1. The lowest BCUT2D eigenvalue weighted by Crippen LogP contribution is -2.44. The van der Waals surface area contributed by atoms with E-state index < -0.39 is 23.0 Å². The number of nitrogen functional groups attached to an aromatic ring is 1. The molecule has 4 N–H and O–H groups in total. The minimum Gasteiger partial charge on any atom is -0.383 e. The van der Waals surface area contributed by atoms with Crippen LogP contribution in [0.3, 0.4) is 0 Å². The fraction of sp³-hybridized carbons (Fsp3) is 0.261. The number of benzene rings is 2. The van der Waals surface area contributed by atoms with Gasteiger partial charge in [0, 0.05) is 19.3 Å². The molecule has 0 spiro atoms. The van der Waals surface area contributed by atoms with Gasteiger partial charge in [0.1, 0.15) is 11.6 Å². The maximum atomic E-state index is 13.6. The second-order valence-corrected chi connectivity index (χ2v) is 7.42. The molecule has 0 bridgehead atoms. The number of halogens is 1. The van der Waals surface area contributed by atoms with E-state index in [0.29, 0.717) is 5.69 Å². The molecule has 174 valence electrons. The molecule has 9 nitrogen and oxygen atoms in total. The second-order valence-electron chi connectivity index (χ2n) is 7.42. The number of methoxy groups -OCH3 is 1. The molecule has 1 aromatic heterocycles. The maximum Gasteiger partial charge on any atom is 0.330 e. The molecule has 1 amide bonds. The van der Waals surface area contributed by atoms with E-state index in [1.54, 1.807) is 13.0 Å². The van der Waals surface area contributed by atoms with Crippen molar-refractivity contribution >= 4 is 23.1 Å². The van der Waals surface area contributed by atoms with Crippen molar-refractivity contribution in [1.82, 2.24) is 9.55 Å². The predicted molar refractivity (Wildman–Crippen MR) is 125 cm³/mol. The highest BCUT2D eigenvalue weighted by Gasteiger charge is 2.24. The van der Waals surface area contributed by atoms with E-state index in [9.17, 15) is 18.8 Å². The lowest BCUT2D eigenvalue weighted by Gasteiger charge is -2.25. The molecular formula is C23H26FN5O4. The van der Waals surface area contributed by atoms with Gasteiger partial charge in [0.2, 0.25) is 5.91 Å². The van der Waals surface area contributed by atoms with Gasteiger partial charge in [-0.2, -0.15) is 0 Å². The summed E-state index contributed by atoms with van der Waals surface area (Å²) in [5.41, 5.74) is 6.61. The quantitative estimate of drug-likeness (QED) is 0.452. The van der Waals surface area contributed by atoms with E-state index in [-0.39, 0.29) is 37.7 Å². The molecule has 0 radical (unpaired) electrons. The first-order valence-electron chi connectivity index (χ1n) is 10.3. The van der Waals surface area contributed by atoms with Crippen molar-refractivity contribution in [2.45, 2.75) is 13.5 Å². The van der Waals surface area contributed by atoms with Crippen LogP contribution in [-0.4, -0.2) is 42.3 Å². The Morgan fingerprint density at radius 2 is 1.94 bits per heavy atom. The summed E-state index contributed by atoms with van der Waals surface area (Å²) in [6, 6.07) is 13.3. The van der Waals surface area contributed by atoms with Gasteiger partial charge in [0.15, 0.2) is 5.69 Å². The van der Waals surface area contributed by atoms with Gasteiger partial charge >= 0.3 is 5.69 Å². The summed E-state index contributed by atoms with van der Waals surface area (Å²) >= 11 is 0. The summed E-state index contributed by atoms with van der Waals surface area (Å²) in [5.74, 6) is -1.09. The molecule has 0 saturated heterocycles. The molecule has 0 aliphatic heterocycles. The standard InChI is InChI=1S/C23H26FN5O4/c1-15-8-9-17(24)12-18(15)26-13-19(30)28(10-11-33-2)20-21(25)29(23(32)27-22(20)31)14-16-6-4-3-5-7-16/h3-9,12,26H,10-11,13-14,25H2,1-2H3,(H,27,31,32). The molecule has 3 rings (SSSR count). The first kappa shape index (κ1) is 23.7. The van der Waals surface area contributed by atoms with Crippen LogP contribution in [0.5, 0.6) is 0 Å². The molecule has 0 fully saturated rings. The Labute approximate surface area is 189 Å². The van der Waals surface area contributed by atoms with E-state index in [2.05, 4.69) is 10.3 Å². The third kappa shape index (κ3) is 5.66. The second kappa shape index (κ2) is 10.6. The molecular weight excluding hydrogens is 429 g/mol. The predicted octanol–water partition coefficient (Wildman–Crippen LogP) is 1.71. The number of ether oxygens (including phenoxy) is 1. The van der Waals surface area contributed by atoms with Gasteiger partial charge in [-0.05, 0) is 30.2 Å². The zero-order chi connectivity index (χ0) is 24.0. The molecule has 33 heavy (non-hydrogen) atoms. The normalized spacial score (nSPS) is 10.8. The minimum absolute atomic E-state index is 0.0238. The van der Waals surface area contributed by atoms with Crippen LogP contribution in [-0.2, 0) is 16.1 Å². The molecule has 0 unspecified atom stereocenters. The van der Waals surface area contributed by atoms with Crippen molar-refractivity contribution < 1.29 is 13.9 Å². The van der Waals surface area contributed by atoms with E-state index in [4.69, 9.17) is 10.5 Å². The van der Waals surface area contributed by atoms with Gasteiger partial charge in [-0.25, -0.2) is 9.18 Å². The number of nitrogens with two attached hydrogens (primary N) is 1. The van der Waals surface area contributed by atoms with Crippen molar-refractivity contribution in [3.8, 4) is 0 Å². The van der Waals surface area contributed by atoms with Crippen LogP contribution in [0.25, 0.3) is 0 Å². The van der Waals surface area contributed by atoms with Crippen molar-refractivity contribution in [3.05, 3.63) is 86.3 Å². The molecule has 3 aromatic rings. The van der Waals surface area contributed by atoms with Crippen LogP contribution in [0.2, 0.25) is 0 Å². The molecule has 0 atom stereocenters. The number of H-pyrrole nitrogens is 1. The van der Waals surface area contributed by atoms with Gasteiger partial charge < -0.3 is 20.7 Å². The lowest BCUT2D eigenvalue weighted by atomic mass is 10.2. The van der Waals surface area contributed by atoms with E-state index in [0.717, 1.165) is 11.1 Å². The van der Waals surface area contributed by atoms with Crippen LogP contribution in [0.1, 0.15) is 11.1 Å². The zero-order valence-electron chi connectivity index (χ0n) is 18.4. The monoisotopic (exact) mass is 455 g/mol. The summed E-state index contributed by atoms with van der Waals surface area (Å²) in [6.45, 7) is 1.81. The average Bonchev–Trinajstić information content (AvgIpc) is 2.79. The van der Waals surface area contributed by atoms with Crippen molar-refractivity contribution in [3.63, 3.8) is 0 Å². The molecule has 2 aromatic carbocycles. The molecule has 0 aliphatic carbocycles. The van der Waals surface area contributed by atoms with Crippen LogP contribution >= 0.6 is 0 Å². The first-order valence-corrected chi connectivity index (χ1v) is 10.3. The molecule has 0 saturated carbocycles. The van der Waals surface area contributed by atoms with Crippen LogP contribution in [0.4, 0.5) is 21.6 Å². The van der Waals surface area contributed by atoms with Crippen LogP contribution in [0, 0.1) is 12.7 Å². The number of carbonyl (C=O) groups is 1. The average molecular weight is 455 g/mol. The Balaban J connectivity index is 1.94. The summed E-state index contributed by atoms with van der Waals surface area (Å²) in [6.07, 6.45) is 0. The smallest absolute Gasteiger partial charge is 0.330 e. The Morgan fingerprint density at radius 1 is 1.21 bits per heavy atom. The number of rotatable bonds is 9. The van der Waals surface area contributed by atoms with Gasteiger partial charge in [-0.3, -0.25) is 19.1 Å². The molecule has 10 heteroatoms. The molecule has 1 heterocycles. The Hall–Kier alpha value is -3.92. The number of hydrogen-bond acceptors (Lipinski definition) is 6. The van der Waals surface area contributed by atoms with E-state index in [1.807, 2.05) is 30.3 Å². The summed E-state index contributed by atoms with van der Waals surface area (Å²) < 4.78 is 19.9. The number of aryl methyl sites for hydroxylation is 1. The SMILES string of the molecule is COCCN(C(=O)CNc1cc(F)ccc1C)c1c(N)n(Cc2ccccc2)c(=O)[nH]c1=O. The van der Waals surface area contributed by atoms with E-state index >= 15 is 0 Å². The van der Waals surface area contributed by atoms with Gasteiger partial charge in [-0.15, -0.1) is 0 Å². The van der Waals surface area contributed by atoms with Gasteiger partial charge in [0.25, 0.3) is 5.56 Å². The van der Waals surface area contributed by atoms with Crippen molar-refractivity contribution in [1.29, 1.82) is 0 Å².